The molecule has 1 aliphatic heterocycles. The predicted molar refractivity (Wildman–Crippen MR) is 164 cm³/mol. The lowest BCUT2D eigenvalue weighted by atomic mass is 10.0. The molecular weight excluding hydrogens is 582 g/mol. The molecule has 0 saturated heterocycles. The highest BCUT2D eigenvalue weighted by Crippen LogP contribution is 2.19. The fourth-order valence-electron chi connectivity index (χ4n) is 4.60. The second kappa shape index (κ2) is 17.3. The number of para-hydroxylation sites is 1. The molecule has 0 aliphatic carbocycles. The maximum atomic E-state index is 13.4. The number of carbonyl (C=O) groups is 6. The second-order valence-corrected chi connectivity index (χ2v) is 10.9. The van der Waals surface area contributed by atoms with Gasteiger partial charge in [0.25, 0.3) is 11.8 Å². The Bertz CT molecular complexity index is 1350. The first-order valence-corrected chi connectivity index (χ1v) is 15.0. The number of nitrogens with two attached hydrogens (primary N) is 1. The Labute approximate surface area is 261 Å². The molecular formula is C31H41N7O7. The molecule has 1 aliphatic rings. The highest BCUT2D eigenvalue weighted by atomic mass is 16.5. The van der Waals surface area contributed by atoms with E-state index in [0.29, 0.717) is 31.5 Å². The van der Waals surface area contributed by atoms with E-state index in [-0.39, 0.29) is 36.8 Å². The summed E-state index contributed by atoms with van der Waals surface area (Å²) in [5.74, 6) is -3.77. The monoisotopic (exact) mass is 623 g/mol. The van der Waals surface area contributed by atoms with Gasteiger partial charge in [0.2, 0.25) is 23.6 Å². The van der Waals surface area contributed by atoms with Crippen LogP contribution in [0.25, 0.3) is 0 Å². The molecule has 0 saturated carbocycles. The quantitative estimate of drug-likeness (QED) is 0.212. The molecule has 3 rings (SSSR count). The zero-order chi connectivity index (χ0) is 32.8. The summed E-state index contributed by atoms with van der Waals surface area (Å²) >= 11 is 0. The number of fused-ring (bicyclic) bond motifs is 1. The van der Waals surface area contributed by atoms with Crippen LogP contribution in [0.3, 0.4) is 0 Å². The number of primary amides is 1. The van der Waals surface area contributed by atoms with Crippen LogP contribution in [0, 0.1) is 5.92 Å². The van der Waals surface area contributed by atoms with Crippen molar-refractivity contribution in [1.82, 2.24) is 31.6 Å². The molecule has 0 radical (unpaired) electrons. The maximum absolute atomic E-state index is 13.4. The van der Waals surface area contributed by atoms with Gasteiger partial charge in [-0.2, -0.15) is 0 Å². The first kappa shape index (κ1) is 34.5. The van der Waals surface area contributed by atoms with Gasteiger partial charge in [0.15, 0.2) is 0 Å². The van der Waals surface area contributed by atoms with Gasteiger partial charge < -0.3 is 37.1 Å². The lowest BCUT2D eigenvalue weighted by Gasteiger charge is -2.27. The summed E-state index contributed by atoms with van der Waals surface area (Å²) in [6.45, 7) is 4.17. The van der Waals surface area contributed by atoms with Crippen molar-refractivity contribution in [1.29, 1.82) is 0 Å². The van der Waals surface area contributed by atoms with Crippen LogP contribution in [-0.4, -0.2) is 78.2 Å². The van der Waals surface area contributed by atoms with Gasteiger partial charge in [0.05, 0.1) is 18.6 Å². The standard InChI is InChI=1S/C31H41N7O7/c1-19(2)26-31(44)36-22(12-6-8-15-34-28(41)21-11-5-7-14-33-21)29(42)35-16-9-17-45-24-13-4-3-10-20(24)27(40)37-23(18-25(32)39)30(43)38-26/h3-5,7,10-11,13-14,19,22-23,26H,6,8-9,12,15-18H2,1-2H3,(H2,32,39)(H,34,41)(H,35,42)(H,36,44)(H,37,40)(H,38,43)/t22-,23-,26+/m0/s1. The molecule has 3 atom stereocenters. The first-order valence-electron chi connectivity index (χ1n) is 15.0. The van der Waals surface area contributed by atoms with E-state index in [2.05, 4.69) is 31.6 Å². The summed E-state index contributed by atoms with van der Waals surface area (Å²) in [5.41, 5.74) is 5.80. The molecule has 0 unspecified atom stereocenters. The Morgan fingerprint density at radius 3 is 2.42 bits per heavy atom. The summed E-state index contributed by atoms with van der Waals surface area (Å²) in [5, 5.41) is 13.5. The minimum absolute atomic E-state index is 0.141. The number of benzene rings is 1. The second-order valence-electron chi connectivity index (χ2n) is 10.9. The number of carbonyl (C=O) groups excluding carboxylic acids is 6. The predicted octanol–water partition coefficient (Wildman–Crippen LogP) is 0.180. The van der Waals surface area contributed by atoms with Crippen LogP contribution in [0.1, 0.15) is 66.8 Å². The van der Waals surface area contributed by atoms with E-state index in [0.717, 1.165) is 0 Å². The number of pyridine rings is 1. The SMILES string of the molecule is CC(C)[C@H]1NC(=O)[C@H](CC(N)=O)NC(=O)c2ccccc2OCCCNC(=O)[C@H](CCCCNC(=O)c2ccccn2)NC1=O. The molecule has 6 amide bonds. The Balaban J connectivity index is 1.75. The zero-order valence-corrected chi connectivity index (χ0v) is 25.5. The van der Waals surface area contributed by atoms with E-state index in [1.165, 1.54) is 12.3 Å². The summed E-state index contributed by atoms with van der Waals surface area (Å²) < 4.78 is 5.78. The number of nitrogens with one attached hydrogen (secondary N) is 5. The third kappa shape index (κ3) is 10.9. The van der Waals surface area contributed by atoms with Crippen molar-refractivity contribution in [2.75, 3.05) is 19.7 Å². The Kier molecular flexibility index (Phi) is 13.3. The molecule has 14 heteroatoms. The molecule has 2 heterocycles. The molecule has 2 aromatic rings. The van der Waals surface area contributed by atoms with E-state index in [1.54, 1.807) is 50.2 Å². The number of amides is 6. The largest absolute Gasteiger partial charge is 0.493 e. The molecule has 242 valence electrons. The van der Waals surface area contributed by atoms with Crippen LogP contribution in [0.2, 0.25) is 0 Å². The van der Waals surface area contributed by atoms with E-state index in [9.17, 15) is 28.8 Å². The highest BCUT2D eigenvalue weighted by Gasteiger charge is 2.32. The van der Waals surface area contributed by atoms with Crippen molar-refractivity contribution < 1.29 is 33.5 Å². The van der Waals surface area contributed by atoms with E-state index in [1.807, 2.05) is 0 Å². The van der Waals surface area contributed by atoms with Crippen LogP contribution >= 0.6 is 0 Å². The summed E-state index contributed by atoms with van der Waals surface area (Å²) in [6.07, 6.45) is 2.71. The lowest BCUT2D eigenvalue weighted by Crippen LogP contribution is -2.58. The number of hydrogen-bond acceptors (Lipinski definition) is 8. The molecule has 1 aromatic carbocycles. The van der Waals surface area contributed by atoms with Gasteiger partial charge in [-0.1, -0.05) is 32.0 Å². The minimum Gasteiger partial charge on any atom is -0.493 e. The third-order valence-electron chi connectivity index (χ3n) is 7.02. The minimum atomic E-state index is -1.37. The van der Waals surface area contributed by atoms with Crippen molar-refractivity contribution in [3.05, 3.63) is 59.9 Å². The number of aromatic nitrogens is 1. The van der Waals surface area contributed by atoms with Crippen molar-refractivity contribution in [3.63, 3.8) is 0 Å². The zero-order valence-electron chi connectivity index (χ0n) is 25.5. The maximum Gasteiger partial charge on any atom is 0.269 e. The summed E-state index contributed by atoms with van der Waals surface area (Å²) in [6, 6.07) is 8.06. The molecule has 7 N–H and O–H groups in total. The average Bonchev–Trinajstić information content (AvgIpc) is 3.01. The Morgan fingerprint density at radius 2 is 1.71 bits per heavy atom. The lowest BCUT2D eigenvalue weighted by molar-refractivity contribution is -0.134. The summed E-state index contributed by atoms with van der Waals surface area (Å²) in [4.78, 5) is 81.1. The normalized spacial score (nSPS) is 19.9. The molecule has 1 aromatic heterocycles. The summed E-state index contributed by atoms with van der Waals surface area (Å²) in [7, 11) is 0. The van der Waals surface area contributed by atoms with Crippen molar-refractivity contribution in [2.45, 2.75) is 64.1 Å². The first-order chi connectivity index (χ1) is 21.6. The fraction of sp³-hybridized carbons (Fsp3) is 0.452. The Morgan fingerprint density at radius 1 is 0.956 bits per heavy atom. The fourth-order valence-corrected chi connectivity index (χ4v) is 4.60. The third-order valence-corrected chi connectivity index (χ3v) is 7.02. The molecule has 0 fully saturated rings. The number of hydrogen-bond donors (Lipinski definition) is 6. The van der Waals surface area contributed by atoms with E-state index >= 15 is 0 Å². The van der Waals surface area contributed by atoms with Crippen LogP contribution in [0.4, 0.5) is 0 Å². The number of nitrogens with zero attached hydrogens (tertiary/aromatic N) is 1. The topological polar surface area (TPSA) is 211 Å². The van der Waals surface area contributed by atoms with Gasteiger partial charge in [-0.3, -0.25) is 33.8 Å². The van der Waals surface area contributed by atoms with Crippen LogP contribution in [-0.2, 0) is 19.2 Å². The number of rotatable bonds is 9. The van der Waals surface area contributed by atoms with Gasteiger partial charge in [-0.25, -0.2) is 0 Å². The molecule has 0 bridgehead atoms. The van der Waals surface area contributed by atoms with Gasteiger partial charge in [-0.05, 0) is 55.9 Å². The number of unbranched alkanes of at least 4 members (excludes halogenated alkanes) is 1. The van der Waals surface area contributed by atoms with E-state index < -0.39 is 60.0 Å². The smallest absolute Gasteiger partial charge is 0.269 e. The molecule has 45 heavy (non-hydrogen) atoms. The van der Waals surface area contributed by atoms with Crippen molar-refractivity contribution in [3.8, 4) is 5.75 Å². The van der Waals surface area contributed by atoms with Gasteiger partial charge in [-0.15, -0.1) is 0 Å². The number of ether oxygens (including phenoxy) is 1. The Hall–Kier alpha value is -5.01. The van der Waals surface area contributed by atoms with Crippen molar-refractivity contribution >= 4 is 35.4 Å². The van der Waals surface area contributed by atoms with Crippen molar-refractivity contribution in [2.24, 2.45) is 11.7 Å². The molecule has 14 nitrogen and oxygen atoms in total. The van der Waals surface area contributed by atoms with Gasteiger partial charge >= 0.3 is 0 Å². The highest BCUT2D eigenvalue weighted by molar-refractivity contribution is 6.01. The molecule has 0 spiro atoms. The average molecular weight is 624 g/mol. The van der Waals surface area contributed by atoms with Crippen LogP contribution < -0.4 is 37.1 Å². The van der Waals surface area contributed by atoms with Crippen LogP contribution in [0.5, 0.6) is 5.75 Å². The van der Waals surface area contributed by atoms with E-state index in [4.69, 9.17) is 10.5 Å². The van der Waals surface area contributed by atoms with Gasteiger partial charge in [0.1, 0.15) is 29.6 Å². The van der Waals surface area contributed by atoms with Gasteiger partial charge in [0, 0.05) is 19.3 Å². The van der Waals surface area contributed by atoms with Crippen LogP contribution in [0.15, 0.2) is 48.7 Å².